The Kier molecular flexibility index (Phi) is 2.88. The highest BCUT2D eigenvalue weighted by molar-refractivity contribution is 5.86. The maximum Gasteiger partial charge on any atom is 0.141 e. The maximum atomic E-state index is 11.9. The molecule has 14 heavy (non-hydrogen) atoms. The van der Waals surface area contributed by atoms with E-state index in [1.165, 1.54) is 0 Å². The predicted molar refractivity (Wildman–Crippen MR) is 54.1 cm³/mol. The minimum absolute atomic E-state index is 0.0572. The molecule has 80 valence electrons. The third-order valence-electron chi connectivity index (χ3n) is 3.52. The van der Waals surface area contributed by atoms with Gasteiger partial charge in [0.2, 0.25) is 0 Å². The van der Waals surface area contributed by atoms with Crippen molar-refractivity contribution in [2.24, 2.45) is 11.3 Å². The summed E-state index contributed by atoms with van der Waals surface area (Å²) in [6.45, 7) is 5.50. The first kappa shape index (κ1) is 10.1. The molecule has 0 atom stereocenters. The first-order valence-corrected chi connectivity index (χ1v) is 5.52. The molecule has 2 saturated heterocycles. The van der Waals surface area contributed by atoms with E-state index in [0.717, 1.165) is 45.6 Å². The summed E-state index contributed by atoms with van der Waals surface area (Å²) in [5.41, 5.74) is -0.0572. The quantitative estimate of drug-likeness (QED) is 0.733. The third kappa shape index (κ3) is 1.98. The highest BCUT2D eigenvalue weighted by Crippen LogP contribution is 2.28. The summed E-state index contributed by atoms with van der Waals surface area (Å²) in [4.78, 5) is 11.9. The minimum atomic E-state index is -0.0572. The molecule has 0 aromatic heterocycles. The fourth-order valence-corrected chi connectivity index (χ4v) is 2.16. The molecule has 2 rings (SSSR count). The number of carbonyl (C=O) groups excluding carboxylic acids is 1. The number of carbonyl (C=O) groups is 1. The molecule has 3 heteroatoms. The Balaban J connectivity index is 1.81. The van der Waals surface area contributed by atoms with Crippen LogP contribution in [0.1, 0.15) is 26.2 Å². The third-order valence-corrected chi connectivity index (χ3v) is 3.52. The highest BCUT2D eigenvalue weighted by atomic mass is 16.5. The second-order valence-corrected chi connectivity index (χ2v) is 4.85. The second kappa shape index (κ2) is 3.99. The Morgan fingerprint density at radius 3 is 2.57 bits per heavy atom. The molecule has 0 saturated carbocycles. The monoisotopic (exact) mass is 197 g/mol. The molecule has 0 aliphatic carbocycles. The van der Waals surface area contributed by atoms with Crippen molar-refractivity contribution in [1.82, 2.24) is 5.32 Å². The summed E-state index contributed by atoms with van der Waals surface area (Å²) >= 11 is 0. The number of nitrogens with one attached hydrogen (secondary N) is 1. The van der Waals surface area contributed by atoms with E-state index in [0.29, 0.717) is 11.7 Å². The minimum Gasteiger partial charge on any atom is -0.381 e. The summed E-state index contributed by atoms with van der Waals surface area (Å²) in [5, 5.41) is 3.17. The average molecular weight is 197 g/mol. The summed E-state index contributed by atoms with van der Waals surface area (Å²) in [6.07, 6.45) is 2.89. The number of rotatable bonds is 3. The molecule has 2 aliphatic rings. The number of ketones is 1. The number of Topliss-reactive ketones (excluding diaryl/α,β-unsaturated/α-hetero) is 1. The first-order valence-electron chi connectivity index (χ1n) is 5.52. The molecule has 2 aliphatic heterocycles. The van der Waals surface area contributed by atoms with Crippen LogP contribution in [0.2, 0.25) is 0 Å². The summed E-state index contributed by atoms with van der Waals surface area (Å²) in [7, 11) is 0. The lowest BCUT2D eigenvalue weighted by molar-refractivity contribution is -0.132. The van der Waals surface area contributed by atoms with Crippen LogP contribution >= 0.6 is 0 Å². The van der Waals surface area contributed by atoms with E-state index in [4.69, 9.17) is 4.74 Å². The van der Waals surface area contributed by atoms with Crippen molar-refractivity contribution in [2.45, 2.75) is 26.2 Å². The lowest BCUT2D eigenvalue weighted by Crippen LogP contribution is -2.56. The van der Waals surface area contributed by atoms with E-state index in [-0.39, 0.29) is 5.41 Å². The molecule has 1 N–H and O–H groups in total. The molecule has 0 aromatic carbocycles. The Labute approximate surface area is 85.2 Å². The van der Waals surface area contributed by atoms with Gasteiger partial charge in [-0.25, -0.2) is 0 Å². The van der Waals surface area contributed by atoms with Crippen molar-refractivity contribution in [3.8, 4) is 0 Å². The van der Waals surface area contributed by atoms with E-state index in [1.807, 2.05) is 0 Å². The van der Waals surface area contributed by atoms with Gasteiger partial charge in [0.05, 0.1) is 5.41 Å². The van der Waals surface area contributed by atoms with Gasteiger partial charge < -0.3 is 10.1 Å². The summed E-state index contributed by atoms with van der Waals surface area (Å²) in [5.74, 6) is 1.02. The van der Waals surface area contributed by atoms with Crippen LogP contribution < -0.4 is 5.32 Å². The zero-order valence-corrected chi connectivity index (χ0v) is 8.84. The van der Waals surface area contributed by atoms with E-state index >= 15 is 0 Å². The second-order valence-electron chi connectivity index (χ2n) is 4.85. The number of hydrogen-bond acceptors (Lipinski definition) is 3. The summed E-state index contributed by atoms with van der Waals surface area (Å²) < 4.78 is 5.28. The van der Waals surface area contributed by atoms with Crippen molar-refractivity contribution >= 4 is 5.78 Å². The molecule has 2 heterocycles. The smallest absolute Gasteiger partial charge is 0.141 e. The van der Waals surface area contributed by atoms with Gasteiger partial charge in [0.25, 0.3) is 0 Å². The highest BCUT2D eigenvalue weighted by Gasteiger charge is 2.39. The molecule has 0 aromatic rings. The van der Waals surface area contributed by atoms with E-state index < -0.39 is 0 Å². The Morgan fingerprint density at radius 2 is 2.07 bits per heavy atom. The molecule has 0 unspecified atom stereocenters. The molecule has 0 radical (unpaired) electrons. The van der Waals surface area contributed by atoms with Crippen LogP contribution in [0.5, 0.6) is 0 Å². The van der Waals surface area contributed by atoms with Crippen molar-refractivity contribution in [3.05, 3.63) is 0 Å². The van der Waals surface area contributed by atoms with Gasteiger partial charge in [-0.05, 0) is 18.8 Å². The van der Waals surface area contributed by atoms with Crippen LogP contribution in [-0.4, -0.2) is 32.1 Å². The van der Waals surface area contributed by atoms with Crippen LogP contribution in [0.15, 0.2) is 0 Å². The lowest BCUT2D eigenvalue weighted by Gasteiger charge is -2.39. The van der Waals surface area contributed by atoms with Gasteiger partial charge in [0, 0.05) is 32.7 Å². The van der Waals surface area contributed by atoms with Crippen LogP contribution in [0.4, 0.5) is 0 Å². The van der Waals surface area contributed by atoms with Crippen LogP contribution in [0.25, 0.3) is 0 Å². The normalized spacial score (nSPS) is 26.9. The molecular weight excluding hydrogens is 178 g/mol. The van der Waals surface area contributed by atoms with Crippen molar-refractivity contribution < 1.29 is 9.53 Å². The van der Waals surface area contributed by atoms with Gasteiger partial charge in [-0.3, -0.25) is 4.79 Å². The van der Waals surface area contributed by atoms with Gasteiger partial charge >= 0.3 is 0 Å². The van der Waals surface area contributed by atoms with E-state index in [2.05, 4.69) is 12.2 Å². The molecule has 0 bridgehead atoms. The van der Waals surface area contributed by atoms with Crippen molar-refractivity contribution in [2.75, 3.05) is 26.3 Å². The topological polar surface area (TPSA) is 38.3 Å². The zero-order chi connectivity index (χ0) is 10.0. The van der Waals surface area contributed by atoms with Gasteiger partial charge in [0.1, 0.15) is 5.78 Å². The molecule has 2 fully saturated rings. The zero-order valence-electron chi connectivity index (χ0n) is 8.84. The first-order chi connectivity index (χ1) is 6.71. The molecule has 3 nitrogen and oxygen atoms in total. The van der Waals surface area contributed by atoms with Gasteiger partial charge in [0.15, 0.2) is 0 Å². The molecular formula is C11H19NO2. The Morgan fingerprint density at radius 1 is 1.43 bits per heavy atom. The fourth-order valence-electron chi connectivity index (χ4n) is 2.16. The van der Waals surface area contributed by atoms with Gasteiger partial charge in [-0.2, -0.15) is 0 Å². The largest absolute Gasteiger partial charge is 0.381 e. The van der Waals surface area contributed by atoms with Crippen molar-refractivity contribution in [1.29, 1.82) is 0 Å². The van der Waals surface area contributed by atoms with Crippen LogP contribution in [-0.2, 0) is 9.53 Å². The fraction of sp³-hybridized carbons (Fsp3) is 0.909. The van der Waals surface area contributed by atoms with Crippen molar-refractivity contribution in [3.63, 3.8) is 0 Å². The van der Waals surface area contributed by atoms with Crippen LogP contribution in [0, 0.1) is 11.3 Å². The predicted octanol–water partition coefficient (Wildman–Crippen LogP) is 0.982. The lowest BCUT2D eigenvalue weighted by atomic mass is 9.76. The summed E-state index contributed by atoms with van der Waals surface area (Å²) in [6, 6.07) is 0. The van der Waals surface area contributed by atoms with Crippen LogP contribution in [0.3, 0.4) is 0 Å². The molecule has 0 spiro atoms. The Bertz CT molecular complexity index is 217. The number of hydrogen-bond donors (Lipinski definition) is 1. The van der Waals surface area contributed by atoms with Gasteiger partial charge in [-0.1, -0.05) is 6.92 Å². The number of ether oxygens (including phenoxy) is 1. The van der Waals surface area contributed by atoms with E-state index in [9.17, 15) is 4.79 Å². The van der Waals surface area contributed by atoms with E-state index in [1.54, 1.807) is 0 Å². The standard InChI is InChI=1S/C11H19NO2/c1-11(7-12-8-11)10(13)6-9-2-4-14-5-3-9/h9,12H,2-8H2,1H3. The SMILES string of the molecule is CC1(C(=O)CC2CCOCC2)CNC1. The molecule has 0 amide bonds. The maximum absolute atomic E-state index is 11.9. The average Bonchev–Trinajstić information content (AvgIpc) is 2.15. The Hall–Kier alpha value is -0.410. The van der Waals surface area contributed by atoms with Gasteiger partial charge in [-0.15, -0.1) is 0 Å².